The van der Waals surface area contributed by atoms with E-state index in [0.29, 0.717) is 39.9 Å². The van der Waals surface area contributed by atoms with E-state index in [1.54, 1.807) is 53.2 Å². The SMILES string of the molecule is O=C1c2ccccc2C(=O)N1CCc1nnc2n1-c1ccc(C(F)(F)F)cc1C(c1ccccn1)=NC2. The fourth-order valence-electron chi connectivity index (χ4n) is 4.60. The molecule has 0 fully saturated rings. The number of rotatable bonds is 4. The van der Waals surface area contributed by atoms with Crippen molar-refractivity contribution in [3.8, 4) is 5.69 Å². The summed E-state index contributed by atoms with van der Waals surface area (Å²) in [5, 5.41) is 8.44. The molecule has 2 aromatic carbocycles. The predicted molar refractivity (Wildman–Crippen MR) is 125 cm³/mol. The van der Waals surface area contributed by atoms with Gasteiger partial charge in [-0.05, 0) is 42.5 Å². The van der Waals surface area contributed by atoms with Crippen molar-refractivity contribution in [1.29, 1.82) is 0 Å². The zero-order valence-corrected chi connectivity index (χ0v) is 19.1. The summed E-state index contributed by atoms with van der Waals surface area (Å²) in [6, 6.07) is 15.1. The van der Waals surface area contributed by atoms with Crippen molar-refractivity contribution in [2.45, 2.75) is 19.1 Å². The molecule has 0 N–H and O–H groups in total. The van der Waals surface area contributed by atoms with E-state index in [1.807, 2.05) is 0 Å². The summed E-state index contributed by atoms with van der Waals surface area (Å²) in [5.41, 5.74) is 1.23. The fourth-order valence-corrected chi connectivity index (χ4v) is 4.60. The minimum Gasteiger partial charge on any atom is -0.281 e. The standard InChI is InChI=1S/C26H17F3N6O2/c27-26(28,29)15-8-9-20-18(13-15)23(19-7-3-4-11-30-19)31-14-22-33-32-21(35(20)22)10-12-34-24(36)16-5-1-2-6-17(16)25(34)37/h1-9,11,13H,10,12,14H2. The molecule has 2 aromatic heterocycles. The van der Waals surface area contributed by atoms with Crippen LogP contribution in [0.3, 0.4) is 0 Å². The number of amides is 2. The Morgan fingerprint density at radius 1 is 0.865 bits per heavy atom. The summed E-state index contributed by atoms with van der Waals surface area (Å²) in [7, 11) is 0. The molecule has 0 aliphatic carbocycles. The molecular formula is C26H17F3N6O2. The Morgan fingerprint density at radius 3 is 2.27 bits per heavy atom. The number of fused-ring (bicyclic) bond motifs is 4. The van der Waals surface area contributed by atoms with Gasteiger partial charge in [0.25, 0.3) is 11.8 Å². The summed E-state index contributed by atoms with van der Waals surface area (Å²) in [6.07, 6.45) is -2.86. The summed E-state index contributed by atoms with van der Waals surface area (Å²) in [4.78, 5) is 35.5. The third-order valence-corrected chi connectivity index (χ3v) is 6.34. The lowest BCUT2D eigenvalue weighted by molar-refractivity contribution is -0.137. The van der Waals surface area contributed by atoms with Gasteiger partial charge in [0.1, 0.15) is 12.4 Å². The van der Waals surface area contributed by atoms with E-state index in [1.165, 1.54) is 6.07 Å². The number of hydrogen-bond donors (Lipinski definition) is 0. The molecule has 2 amide bonds. The quantitative estimate of drug-likeness (QED) is 0.395. The average Bonchev–Trinajstić information content (AvgIpc) is 3.35. The van der Waals surface area contributed by atoms with Gasteiger partial charge in [-0.25, -0.2) is 0 Å². The van der Waals surface area contributed by atoms with Crippen LogP contribution < -0.4 is 0 Å². The number of hydrogen-bond acceptors (Lipinski definition) is 6. The molecule has 0 saturated carbocycles. The van der Waals surface area contributed by atoms with Crippen LogP contribution in [0.15, 0.2) is 71.9 Å². The smallest absolute Gasteiger partial charge is 0.281 e. The van der Waals surface area contributed by atoms with Gasteiger partial charge in [0.2, 0.25) is 0 Å². The van der Waals surface area contributed by atoms with Crippen molar-refractivity contribution in [2.75, 3.05) is 6.54 Å². The van der Waals surface area contributed by atoms with E-state index in [-0.39, 0.29) is 25.1 Å². The number of pyridine rings is 1. The topological polar surface area (TPSA) is 93.3 Å². The number of nitrogens with zero attached hydrogens (tertiary/aromatic N) is 6. The molecule has 0 saturated heterocycles. The number of alkyl halides is 3. The molecule has 2 aliphatic rings. The Bertz CT molecular complexity index is 1560. The van der Waals surface area contributed by atoms with Crippen molar-refractivity contribution in [1.82, 2.24) is 24.6 Å². The summed E-state index contributed by atoms with van der Waals surface area (Å²) < 4.78 is 42.5. The highest BCUT2D eigenvalue weighted by Gasteiger charge is 2.36. The third kappa shape index (κ3) is 3.79. The number of carbonyl (C=O) groups is 2. The van der Waals surface area contributed by atoms with Crippen LogP contribution in [0.5, 0.6) is 0 Å². The molecule has 8 nitrogen and oxygen atoms in total. The Morgan fingerprint density at radius 2 is 1.59 bits per heavy atom. The van der Waals surface area contributed by atoms with Crippen molar-refractivity contribution >= 4 is 17.5 Å². The van der Waals surface area contributed by atoms with Gasteiger partial charge >= 0.3 is 6.18 Å². The molecule has 184 valence electrons. The van der Waals surface area contributed by atoms with Crippen LogP contribution >= 0.6 is 0 Å². The molecule has 6 rings (SSSR count). The Labute approximate surface area is 208 Å². The van der Waals surface area contributed by atoms with Gasteiger partial charge < -0.3 is 0 Å². The number of aromatic nitrogens is 4. The third-order valence-electron chi connectivity index (χ3n) is 6.34. The zero-order chi connectivity index (χ0) is 25.7. The second-order valence-electron chi connectivity index (χ2n) is 8.53. The first-order valence-electron chi connectivity index (χ1n) is 11.4. The highest BCUT2D eigenvalue weighted by Crippen LogP contribution is 2.34. The van der Waals surface area contributed by atoms with E-state index in [2.05, 4.69) is 20.2 Å². The lowest BCUT2D eigenvalue weighted by Crippen LogP contribution is -2.32. The monoisotopic (exact) mass is 502 g/mol. The molecule has 0 radical (unpaired) electrons. The lowest BCUT2D eigenvalue weighted by Gasteiger charge is -2.17. The minimum atomic E-state index is -4.55. The summed E-state index contributed by atoms with van der Waals surface area (Å²) in [5.74, 6) is 0.0220. The van der Waals surface area contributed by atoms with E-state index in [9.17, 15) is 22.8 Å². The molecule has 2 aliphatic heterocycles. The second kappa shape index (κ2) is 8.47. The molecule has 11 heteroatoms. The Hall–Kier alpha value is -4.67. The van der Waals surface area contributed by atoms with Crippen molar-refractivity contribution in [2.24, 2.45) is 4.99 Å². The molecule has 0 spiro atoms. The molecule has 0 atom stereocenters. The Balaban J connectivity index is 1.39. The number of benzene rings is 2. The average molecular weight is 502 g/mol. The van der Waals surface area contributed by atoms with Crippen molar-refractivity contribution in [3.05, 3.63) is 106 Å². The van der Waals surface area contributed by atoms with Gasteiger partial charge in [-0.1, -0.05) is 18.2 Å². The fraction of sp³-hybridized carbons (Fsp3) is 0.154. The minimum absolute atomic E-state index is 0.0361. The van der Waals surface area contributed by atoms with E-state index in [0.717, 1.165) is 17.0 Å². The second-order valence-corrected chi connectivity index (χ2v) is 8.53. The lowest BCUT2D eigenvalue weighted by atomic mass is 10.0. The highest BCUT2D eigenvalue weighted by atomic mass is 19.4. The van der Waals surface area contributed by atoms with Crippen LogP contribution in [0.4, 0.5) is 13.2 Å². The summed E-state index contributed by atoms with van der Waals surface area (Å²) in [6.45, 7) is 0.0936. The number of imide groups is 1. The van der Waals surface area contributed by atoms with E-state index < -0.39 is 23.6 Å². The van der Waals surface area contributed by atoms with Gasteiger partial charge in [0, 0.05) is 24.7 Å². The van der Waals surface area contributed by atoms with Gasteiger partial charge in [0.05, 0.1) is 33.8 Å². The molecule has 4 aromatic rings. The first-order valence-corrected chi connectivity index (χ1v) is 11.4. The highest BCUT2D eigenvalue weighted by molar-refractivity contribution is 6.21. The molecule has 37 heavy (non-hydrogen) atoms. The van der Waals surface area contributed by atoms with Gasteiger partial charge in [-0.15, -0.1) is 10.2 Å². The maximum absolute atomic E-state index is 13.6. The van der Waals surface area contributed by atoms with Crippen LogP contribution in [0, 0.1) is 0 Å². The molecule has 0 unspecified atom stereocenters. The van der Waals surface area contributed by atoms with Crippen LogP contribution in [0.25, 0.3) is 5.69 Å². The van der Waals surface area contributed by atoms with Crippen molar-refractivity contribution in [3.63, 3.8) is 0 Å². The van der Waals surface area contributed by atoms with E-state index in [4.69, 9.17) is 0 Å². The maximum Gasteiger partial charge on any atom is 0.416 e. The predicted octanol–water partition coefficient (Wildman–Crippen LogP) is 3.87. The van der Waals surface area contributed by atoms with Crippen LogP contribution in [-0.4, -0.2) is 48.7 Å². The normalized spacial score (nSPS) is 14.7. The van der Waals surface area contributed by atoms with Crippen LogP contribution in [0.2, 0.25) is 0 Å². The molecule has 0 bridgehead atoms. The first kappa shape index (κ1) is 22.8. The summed E-state index contributed by atoms with van der Waals surface area (Å²) >= 11 is 0. The number of halogens is 3. The number of carbonyl (C=O) groups excluding carboxylic acids is 2. The largest absolute Gasteiger partial charge is 0.416 e. The van der Waals surface area contributed by atoms with Gasteiger partial charge in [-0.2, -0.15) is 13.2 Å². The van der Waals surface area contributed by atoms with E-state index >= 15 is 0 Å². The van der Waals surface area contributed by atoms with Crippen LogP contribution in [0.1, 0.15) is 49.2 Å². The van der Waals surface area contributed by atoms with Gasteiger partial charge in [-0.3, -0.25) is 29.0 Å². The van der Waals surface area contributed by atoms with Gasteiger partial charge in [0.15, 0.2) is 5.82 Å². The van der Waals surface area contributed by atoms with Crippen LogP contribution in [-0.2, 0) is 19.1 Å². The molecule has 4 heterocycles. The zero-order valence-electron chi connectivity index (χ0n) is 19.1. The first-order chi connectivity index (χ1) is 17.8. The molecular weight excluding hydrogens is 485 g/mol. The Kier molecular flexibility index (Phi) is 5.21. The van der Waals surface area contributed by atoms with Crippen molar-refractivity contribution < 1.29 is 22.8 Å². The maximum atomic E-state index is 13.6. The number of aliphatic imine (C=N–C) groups is 1.